The van der Waals surface area contributed by atoms with E-state index in [0.717, 1.165) is 39.3 Å². The topological polar surface area (TPSA) is 115 Å². The summed E-state index contributed by atoms with van der Waals surface area (Å²) in [6.07, 6.45) is 2.10. The van der Waals surface area contributed by atoms with Gasteiger partial charge in [0.05, 0.1) is 30.9 Å². The Balaban J connectivity index is 1.70. The molecule has 2 aromatic rings. The lowest BCUT2D eigenvalue weighted by Gasteiger charge is -2.26. The monoisotopic (exact) mass is 422 g/mol. The van der Waals surface area contributed by atoms with Crippen LogP contribution in [0.15, 0.2) is 24.5 Å². The van der Waals surface area contributed by atoms with Crippen molar-refractivity contribution in [2.75, 3.05) is 57.1 Å². The quantitative estimate of drug-likeness (QED) is 0.357. The third-order valence-corrected chi connectivity index (χ3v) is 4.70. The number of hydrogen-bond acceptors (Lipinski definition) is 9. The summed E-state index contributed by atoms with van der Waals surface area (Å²) < 4.78 is 10.6. The molecule has 0 bridgehead atoms. The van der Waals surface area contributed by atoms with Gasteiger partial charge in [0.1, 0.15) is 12.1 Å². The molecule has 0 spiro atoms. The Morgan fingerprint density at radius 1 is 1.31 bits per heavy atom. The molecule has 1 aliphatic heterocycles. The number of nitrogens with zero attached hydrogens (tertiary/aromatic N) is 4. The van der Waals surface area contributed by atoms with Gasteiger partial charge >= 0.3 is 5.69 Å². The number of aromatic nitrogens is 2. The van der Waals surface area contributed by atoms with E-state index in [0.29, 0.717) is 23.0 Å². The van der Waals surface area contributed by atoms with E-state index in [1.807, 2.05) is 0 Å². The molecule has 1 saturated heterocycles. The molecule has 0 unspecified atom stereocenters. The van der Waals surface area contributed by atoms with Crippen LogP contribution in [0.1, 0.15) is 6.42 Å². The van der Waals surface area contributed by atoms with Crippen molar-refractivity contribution >= 4 is 34.6 Å². The maximum atomic E-state index is 11.7. The highest BCUT2D eigenvalue weighted by atomic mass is 35.5. The molecule has 1 fully saturated rings. The third-order valence-electron chi connectivity index (χ3n) is 4.47. The first kappa shape index (κ1) is 21.0. The Morgan fingerprint density at radius 3 is 2.79 bits per heavy atom. The van der Waals surface area contributed by atoms with Crippen LogP contribution < -0.4 is 15.4 Å². The molecule has 2 heterocycles. The van der Waals surface area contributed by atoms with E-state index in [4.69, 9.17) is 21.1 Å². The number of nitrogens with one attached hydrogen (secondary N) is 2. The van der Waals surface area contributed by atoms with E-state index in [1.54, 1.807) is 18.2 Å². The smallest absolute Gasteiger partial charge is 0.353 e. The Bertz CT molecular complexity index is 847. The number of benzene rings is 1. The average molecular weight is 423 g/mol. The standard InChI is InChI=1S/C18H23ClN6O4/c1-28-15-4-3-13(19)11-14(15)23-18-16(25(26)27)17(21-12-22-18)20-5-2-6-24-7-9-29-10-8-24/h3-4,11-12H,2,5-10H2,1H3,(H2,20,21,22,23). The van der Waals surface area contributed by atoms with Crippen molar-refractivity contribution in [3.8, 4) is 5.75 Å². The predicted molar refractivity (Wildman–Crippen MR) is 110 cm³/mol. The molecule has 1 aliphatic rings. The van der Waals surface area contributed by atoms with E-state index in [-0.39, 0.29) is 17.3 Å². The van der Waals surface area contributed by atoms with Crippen LogP contribution in [0, 0.1) is 10.1 Å². The normalized spacial score (nSPS) is 14.4. The van der Waals surface area contributed by atoms with Crippen LogP contribution in [0.25, 0.3) is 0 Å². The SMILES string of the molecule is COc1ccc(Cl)cc1Nc1ncnc(NCCCN2CCOCC2)c1[N+](=O)[O-]. The molecule has 156 valence electrons. The molecule has 1 aromatic carbocycles. The minimum absolute atomic E-state index is 0.0567. The summed E-state index contributed by atoms with van der Waals surface area (Å²) in [4.78, 5) is 21.6. The number of anilines is 3. The highest BCUT2D eigenvalue weighted by Gasteiger charge is 2.24. The van der Waals surface area contributed by atoms with Crippen molar-refractivity contribution in [3.05, 3.63) is 39.7 Å². The minimum Gasteiger partial charge on any atom is -0.495 e. The number of ether oxygens (including phenoxy) is 2. The first-order valence-electron chi connectivity index (χ1n) is 9.22. The summed E-state index contributed by atoms with van der Waals surface area (Å²) in [5.41, 5.74) is 0.237. The summed E-state index contributed by atoms with van der Waals surface area (Å²) in [6, 6.07) is 4.95. The Labute approximate surface area is 173 Å². The maximum absolute atomic E-state index is 11.7. The molecule has 0 amide bonds. The number of nitro groups is 1. The van der Waals surface area contributed by atoms with E-state index < -0.39 is 4.92 Å². The first-order chi connectivity index (χ1) is 14.1. The molecule has 10 nitrogen and oxygen atoms in total. The number of rotatable bonds is 9. The van der Waals surface area contributed by atoms with Crippen molar-refractivity contribution in [1.82, 2.24) is 14.9 Å². The third kappa shape index (κ3) is 5.66. The highest BCUT2D eigenvalue weighted by molar-refractivity contribution is 6.31. The van der Waals surface area contributed by atoms with E-state index in [1.165, 1.54) is 13.4 Å². The van der Waals surface area contributed by atoms with Gasteiger partial charge < -0.3 is 20.1 Å². The van der Waals surface area contributed by atoms with Crippen LogP contribution in [0.2, 0.25) is 5.02 Å². The van der Waals surface area contributed by atoms with E-state index in [9.17, 15) is 10.1 Å². The molecule has 0 radical (unpaired) electrons. The Kier molecular flexibility index (Phi) is 7.39. The predicted octanol–water partition coefficient (Wildman–Crippen LogP) is 2.92. The fourth-order valence-corrected chi connectivity index (χ4v) is 3.18. The van der Waals surface area contributed by atoms with Crippen LogP contribution in [0.3, 0.4) is 0 Å². The van der Waals surface area contributed by atoms with Crippen molar-refractivity contribution in [2.45, 2.75) is 6.42 Å². The molecule has 0 aliphatic carbocycles. The summed E-state index contributed by atoms with van der Waals surface area (Å²) in [5, 5.41) is 18.1. The number of methoxy groups -OCH3 is 1. The number of morpholine rings is 1. The molecule has 11 heteroatoms. The minimum atomic E-state index is -0.510. The molecule has 0 saturated carbocycles. The van der Waals surface area contributed by atoms with Crippen LogP contribution in [0.4, 0.5) is 23.0 Å². The van der Waals surface area contributed by atoms with Gasteiger partial charge in [0.15, 0.2) is 0 Å². The summed E-state index contributed by atoms with van der Waals surface area (Å²) >= 11 is 6.04. The number of hydrogen-bond donors (Lipinski definition) is 2. The van der Waals surface area contributed by atoms with Crippen molar-refractivity contribution in [2.24, 2.45) is 0 Å². The van der Waals surface area contributed by atoms with Crippen LogP contribution in [0.5, 0.6) is 5.75 Å². The van der Waals surface area contributed by atoms with Gasteiger partial charge in [-0.2, -0.15) is 0 Å². The summed E-state index contributed by atoms with van der Waals surface area (Å²) in [7, 11) is 1.50. The molecular weight excluding hydrogens is 400 g/mol. The molecule has 29 heavy (non-hydrogen) atoms. The van der Waals surface area contributed by atoms with Gasteiger partial charge in [-0.1, -0.05) is 11.6 Å². The molecular formula is C18H23ClN6O4. The van der Waals surface area contributed by atoms with E-state index in [2.05, 4.69) is 25.5 Å². The molecule has 0 atom stereocenters. The first-order valence-corrected chi connectivity index (χ1v) is 9.60. The van der Waals surface area contributed by atoms with Crippen molar-refractivity contribution < 1.29 is 14.4 Å². The molecule has 1 aromatic heterocycles. The zero-order chi connectivity index (χ0) is 20.6. The van der Waals surface area contributed by atoms with Crippen LogP contribution in [-0.2, 0) is 4.74 Å². The van der Waals surface area contributed by atoms with Gasteiger partial charge in [-0.25, -0.2) is 9.97 Å². The van der Waals surface area contributed by atoms with Crippen molar-refractivity contribution in [3.63, 3.8) is 0 Å². The average Bonchev–Trinajstić information content (AvgIpc) is 2.72. The van der Waals surface area contributed by atoms with Gasteiger partial charge in [0, 0.05) is 24.7 Å². The summed E-state index contributed by atoms with van der Waals surface area (Å²) in [6.45, 7) is 4.74. The fourth-order valence-electron chi connectivity index (χ4n) is 3.01. The Hall–Kier alpha value is -2.69. The van der Waals surface area contributed by atoms with Crippen LogP contribution in [-0.4, -0.2) is 66.3 Å². The lowest BCUT2D eigenvalue weighted by Crippen LogP contribution is -2.37. The van der Waals surface area contributed by atoms with Crippen molar-refractivity contribution in [1.29, 1.82) is 0 Å². The van der Waals surface area contributed by atoms with Gasteiger partial charge in [0.2, 0.25) is 11.6 Å². The second-order valence-electron chi connectivity index (χ2n) is 6.38. The second kappa shape index (κ2) is 10.2. The highest BCUT2D eigenvalue weighted by Crippen LogP contribution is 2.35. The molecule has 2 N–H and O–H groups in total. The zero-order valence-corrected chi connectivity index (χ0v) is 16.8. The summed E-state index contributed by atoms with van der Waals surface area (Å²) in [5.74, 6) is 0.707. The van der Waals surface area contributed by atoms with Gasteiger partial charge in [-0.15, -0.1) is 0 Å². The van der Waals surface area contributed by atoms with Gasteiger partial charge in [0.25, 0.3) is 0 Å². The maximum Gasteiger partial charge on any atom is 0.353 e. The van der Waals surface area contributed by atoms with Gasteiger partial charge in [-0.05, 0) is 31.2 Å². The van der Waals surface area contributed by atoms with Crippen LogP contribution >= 0.6 is 11.6 Å². The lowest BCUT2D eigenvalue weighted by atomic mass is 10.3. The second-order valence-corrected chi connectivity index (χ2v) is 6.82. The number of halogens is 1. The Morgan fingerprint density at radius 2 is 2.07 bits per heavy atom. The van der Waals surface area contributed by atoms with Gasteiger partial charge in [-0.3, -0.25) is 15.0 Å². The largest absolute Gasteiger partial charge is 0.495 e. The fraction of sp³-hybridized carbons (Fsp3) is 0.444. The zero-order valence-electron chi connectivity index (χ0n) is 16.1. The lowest BCUT2D eigenvalue weighted by molar-refractivity contribution is -0.383. The molecule has 3 rings (SSSR count). The van der Waals surface area contributed by atoms with E-state index >= 15 is 0 Å².